The Hall–Kier alpha value is -7.43. The first-order chi connectivity index (χ1) is 30.3. The van der Waals surface area contributed by atoms with E-state index >= 15 is 0 Å². The zero-order valence-corrected chi connectivity index (χ0v) is 40.3. The third kappa shape index (κ3) is 29.7. The Bertz CT molecular complexity index is 1800. The van der Waals surface area contributed by atoms with Crippen LogP contribution in [0.25, 0.3) is 0 Å². The number of aromatic nitrogens is 17. The Morgan fingerprint density at radius 3 is 0.766 bits per heavy atom. The van der Waals surface area contributed by atoms with Crippen LogP contribution in [0.1, 0.15) is 91.2 Å². The molecule has 0 N–H and O–H groups in total. The molecule has 8 aromatic rings. The molecule has 17 nitrogen and oxygen atoms in total. The van der Waals surface area contributed by atoms with Crippen molar-refractivity contribution in [1.82, 2.24) is 85.4 Å². The highest BCUT2D eigenvalue weighted by atomic mass is 15.2. The Morgan fingerprint density at radius 1 is 0.219 bits per heavy atom. The highest BCUT2D eigenvalue weighted by molar-refractivity contribution is 5.11. The summed E-state index contributed by atoms with van der Waals surface area (Å²) in [6.07, 6.45) is 19.5. The summed E-state index contributed by atoms with van der Waals surface area (Å²) in [6.45, 7) is 30.6. The molecule has 0 aliphatic rings. The van der Waals surface area contributed by atoms with Gasteiger partial charge in [0.05, 0.1) is 47.1 Å². The minimum Gasteiger partial charge on any atom is -0.261 e. The largest absolute Gasteiger partial charge is 0.261 e. The first-order valence-corrected chi connectivity index (χ1v) is 20.2. The Morgan fingerprint density at radius 2 is 0.547 bits per heavy atom. The van der Waals surface area contributed by atoms with E-state index in [0.717, 1.165) is 80.1 Å². The predicted molar refractivity (Wildman–Crippen MR) is 250 cm³/mol. The second-order valence-electron chi connectivity index (χ2n) is 14.3. The average molecular weight is 866 g/mol. The number of hydrogen-bond acceptors (Lipinski definition) is 17. The van der Waals surface area contributed by atoms with E-state index in [1.54, 1.807) is 31.0 Å². The third-order valence-corrected chi connectivity index (χ3v) is 7.22. The normalized spacial score (nSPS) is 9.25. The van der Waals surface area contributed by atoms with Crippen molar-refractivity contribution in [1.29, 1.82) is 0 Å². The van der Waals surface area contributed by atoms with E-state index in [4.69, 9.17) is 0 Å². The van der Waals surface area contributed by atoms with Crippen LogP contribution in [0.2, 0.25) is 0 Å². The molecule has 0 saturated heterocycles. The second kappa shape index (κ2) is 31.4. The maximum atomic E-state index is 4.08. The van der Waals surface area contributed by atoms with Crippen molar-refractivity contribution in [3.63, 3.8) is 0 Å². The predicted octanol–water partition coefficient (Wildman–Crippen LogP) is 8.14. The highest BCUT2D eigenvalue weighted by Gasteiger charge is 1.88. The fourth-order valence-electron chi connectivity index (χ4n) is 3.74. The number of rotatable bonds is 0. The molecule has 0 amide bonds. The van der Waals surface area contributed by atoms with Crippen molar-refractivity contribution in [3.05, 3.63) is 184 Å². The lowest BCUT2D eigenvalue weighted by Crippen LogP contribution is -1.91. The smallest absolute Gasteiger partial charge is 0.148 e. The monoisotopic (exact) mass is 866 g/mol. The number of hydrogen-bond donors (Lipinski definition) is 0. The van der Waals surface area contributed by atoms with Crippen LogP contribution in [-0.4, -0.2) is 85.4 Å². The lowest BCUT2D eigenvalue weighted by molar-refractivity contribution is 0.874. The van der Waals surface area contributed by atoms with Gasteiger partial charge < -0.3 is 0 Å². The zero-order chi connectivity index (χ0) is 47.9. The molecule has 0 spiro atoms. The lowest BCUT2D eigenvalue weighted by atomic mass is 10.3. The standard InChI is InChI=1S/2C7H9N.3C6H8N2.3C5H7N3/c2*1-6-3-4-7(2)8-5-6;1-5-3-8-6(2)4-7-5;2*1-5-3-7-6(2)8-4-5;1-4-3-6-8-5(2)7-4;2*1-4-3-6-5(2)8-7-4/h2*3-5H,1-2H3;3*3-4H,1-2H3;3*3H,1-2H3. The van der Waals surface area contributed by atoms with E-state index < -0.39 is 0 Å². The summed E-state index contributed by atoms with van der Waals surface area (Å²) in [4.78, 5) is 43.9. The molecule has 0 radical (unpaired) electrons. The summed E-state index contributed by atoms with van der Waals surface area (Å²) in [7, 11) is 0. The van der Waals surface area contributed by atoms with Gasteiger partial charge in [0.25, 0.3) is 0 Å². The SMILES string of the molecule is Cc1ccc(C)nc1.Cc1ccc(C)nc1.Cc1cnc(C)cn1.Cc1cnc(C)nc1.Cc1cnc(C)nc1.Cc1cnc(C)nn1.Cc1cnc(C)nn1.Cc1cnnc(C)n1. The molecular weight excluding hydrogens is 803 g/mol. The van der Waals surface area contributed by atoms with E-state index in [-0.39, 0.29) is 0 Å². The molecule has 8 heterocycles. The molecule has 17 heteroatoms. The summed E-state index contributed by atoms with van der Waals surface area (Å²) in [5, 5.41) is 22.3. The van der Waals surface area contributed by atoms with E-state index in [1.807, 2.05) is 160 Å². The molecule has 8 aromatic heterocycles. The molecule has 0 atom stereocenters. The molecule has 8 rings (SSSR count). The van der Waals surface area contributed by atoms with Gasteiger partial charge in [-0.1, -0.05) is 12.1 Å². The van der Waals surface area contributed by atoms with Crippen molar-refractivity contribution in [2.24, 2.45) is 0 Å². The van der Waals surface area contributed by atoms with Gasteiger partial charge in [0.2, 0.25) is 0 Å². The van der Waals surface area contributed by atoms with Crippen LogP contribution in [0.15, 0.2) is 92.4 Å². The molecular formula is C47H63N17. The molecule has 0 aliphatic carbocycles. The molecule has 0 aliphatic heterocycles. The molecule has 0 aromatic carbocycles. The van der Waals surface area contributed by atoms with Crippen molar-refractivity contribution < 1.29 is 0 Å². The summed E-state index contributed by atoms with van der Waals surface area (Å²) >= 11 is 0. The summed E-state index contributed by atoms with van der Waals surface area (Å²) in [6, 6.07) is 8.13. The minimum atomic E-state index is 0.718. The van der Waals surface area contributed by atoms with Gasteiger partial charge in [-0.2, -0.15) is 15.3 Å². The van der Waals surface area contributed by atoms with Crippen LogP contribution >= 0.6 is 0 Å². The highest BCUT2D eigenvalue weighted by Crippen LogP contribution is 1.96. The lowest BCUT2D eigenvalue weighted by Gasteiger charge is -1.89. The molecule has 336 valence electrons. The van der Waals surface area contributed by atoms with Gasteiger partial charge in [0, 0.05) is 61.0 Å². The first-order valence-electron chi connectivity index (χ1n) is 20.2. The van der Waals surface area contributed by atoms with Crippen LogP contribution in [0, 0.1) is 111 Å². The van der Waals surface area contributed by atoms with Gasteiger partial charge >= 0.3 is 0 Å². The number of aryl methyl sites for hydroxylation is 16. The average Bonchev–Trinajstić information content (AvgIpc) is 3.27. The van der Waals surface area contributed by atoms with Crippen molar-refractivity contribution in [2.45, 2.75) is 111 Å². The van der Waals surface area contributed by atoms with Crippen LogP contribution in [0.3, 0.4) is 0 Å². The molecule has 0 fully saturated rings. The molecule has 0 saturated carbocycles. The van der Waals surface area contributed by atoms with Crippen molar-refractivity contribution >= 4 is 0 Å². The fraction of sp³-hybridized carbons (Fsp3) is 0.340. The Balaban J connectivity index is 0.000000366. The Labute approximate surface area is 378 Å². The van der Waals surface area contributed by atoms with Gasteiger partial charge in [-0.05, 0) is 145 Å². The van der Waals surface area contributed by atoms with E-state index in [9.17, 15) is 0 Å². The maximum Gasteiger partial charge on any atom is 0.148 e. The van der Waals surface area contributed by atoms with Crippen molar-refractivity contribution in [3.8, 4) is 0 Å². The van der Waals surface area contributed by atoms with Gasteiger partial charge in [0.15, 0.2) is 0 Å². The second-order valence-corrected chi connectivity index (χ2v) is 14.3. The summed E-state index contributed by atoms with van der Waals surface area (Å²) in [5.41, 5.74) is 11.4. The number of nitrogens with zero attached hydrogens (tertiary/aromatic N) is 17. The van der Waals surface area contributed by atoms with Gasteiger partial charge in [-0.25, -0.2) is 34.9 Å². The van der Waals surface area contributed by atoms with E-state index in [1.165, 1.54) is 11.1 Å². The number of pyridine rings is 2. The summed E-state index contributed by atoms with van der Waals surface area (Å²) in [5.74, 6) is 3.82. The zero-order valence-electron chi connectivity index (χ0n) is 40.3. The maximum absolute atomic E-state index is 4.08. The van der Waals surface area contributed by atoms with Crippen LogP contribution in [0.4, 0.5) is 0 Å². The van der Waals surface area contributed by atoms with E-state index in [2.05, 4.69) is 97.5 Å². The molecule has 64 heavy (non-hydrogen) atoms. The first kappa shape index (κ1) is 54.6. The van der Waals surface area contributed by atoms with Crippen LogP contribution in [-0.2, 0) is 0 Å². The van der Waals surface area contributed by atoms with Crippen LogP contribution in [0.5, 0.6) is 0 Å². The van der Waals surface area contributed by atoms with Gasteiger partial charge in [0.1, 0.15) is 29.1 Å². The fourth-order valence-corrected chi connectivity index (χ4v) is 3.74. The van der Waals surface area contributed by atoms with Crippen molar-refractivity contribution in [2.75, 3.05) is 0 Å². The van der Waals surface area contributed by atoms with E-state index in [0.29, 0.717) is 0 Å². The topological polar surface area (TPSA) is 219 Å². The van der Waals surface area contributed by atoms with Gasteiger partial charge in [-0.15, -0.1) is 15.3 Å². The van der Waals surface area contributed by atoms with Crippen LogP contribution < -0.4 is 0 Å². The quantitative estimate of drug-likeness (QED) is 0.140. The minimum absolute atomic E-state index is 0.718. The third-order valence-electron chi connectivity index (χ3n) is 7.22. The molecule has 0 unspecified atom stereocenters. The van der Waals surface area contributed by atoms with Gasteiger partial charge in [-0.3, -0.25) is 19.9 Å². The summed E-state index contributed by atoms with van der Waals surface area (Å²) < 4.78 is 0. The Kier molecular flexibility index (Phi) is 26.8. The molecule has 0 bridgehead atoms.